The number of pyridine rings is 1. The van der Waals surface area contributed by atoms with Crippen molar-refractivity contribution in [3.63, 3.8) is 0 Å². The van der Waals surface area contributed by atoms with Crippen molar-refractivity contribution in [1.82, 2.24) is 9.88 Å². The first-order chi connectivity index (χ1) is 15.2. The molecule has 1 aromatic heterocycles. The number of carbonyl (C=O) groups is 1. The van der Waals surface area contributed by atoms with Crippen LogP contribution in [0, 0.1) is 0 Å². The molecule has 1 fully saturated rings. The SMILES string of the molecule is NC(=O)c1ccccc1N(CCN1CCN(c2ccccc2)CC1)Cc1cccnc1. The molecule has 4 rings (SSSR count). The smallest absolute Gasteiger partial charge is 0.250 e. The predicted molar refractivity (Wildman–Crippen MR) is 125 cm³/mol. The van der Waals surface area contributed by atoms with Gasteiger partial charge in [0.25, 0.3) is 5.91 Å². The van der Waals surface area contributed by atoms with E-state index in [1.807, 2.05) is 30.5 Å². The van der Waals surface area contributed by atoms with Crippen LogP contribution in [0.1, 0.15) is 15.9 Å². The molecule has 0 unspecified atom stereocenters. The molecule has 0 bridgehead atoms. The topological polar surface area (TPSA) is 65.7 Å². The molecule has 6 heteroatoms. The average Bonchev–Trinajstić information content (AvgIpc) is 2.83. The molecule has 0 atom stereocenters. The van der Waals surface area contributed by atoms with Crippen molar-refractivity contribution < 1.29 is 4.79 Å². The Hall–Kier alpha value is -3.38. The van der Waals surface area contributed by atoms with Crippen molar-refractivity contribution in [2.24, 2.45) is 5.73 Å². The zero-order valence-electron chi connectivity index (χ0n) is 17.7. The molecule has 31 heavy (non-hydrogen) atoms. The second-order valence-corrected chi connectivity index (χ2v) is 7.83. The van der Waals surface area contributed by atoms with Gasteiger partial charge in [0, 0.05) is 69.6 Å². The molecule has 3 aromatic rings. The number of amides is 1. The highest BCUT2D eigenvalue weighted by molar-refractivity contribution is 5.98. The summed E-state index contributed by atoms with van der Waals surface area (Å²) in [6.07, 6.45) is 3.65. The lowest BCUT2D eigenvalue weighted by Crippen LogP contribution is -2.48. The Balaban J connectivity index is 1.43. The molecule has 2 aromatic carbocycles. The zero-order valence-corrected chi connectivity index (χ0v) is 17.7. The number of carbonyl (C=O) groups excluding carboxylic acids is 1. The Morgan fingerprint density at radius 2 is 1.68 bits per heavy atom. The number of hydrogen-bond donors (Lipinski definition) is 1. The fourth-order valence-corrected chi connectivity index (χ4v) is 4.09. The summed E-state index contributed by atoms with van der Waals surface area (Å²) >= 11 is 0. The standard InChI is InChI=1S/C25H29N5O/c26-25(31)23-10-4-5-11-24(23)30(20-21-7-6-12-27-19-21)18-15-28-13-16-29(17-14-28)22-8-2-1-3-9-22/h1-12,19H,13-18,20H2,(H2,26,31). The van der Waals surface area contributed by atoms with Crippen molar-refractivity contribution in [1.29, 1.82) is 0 Å². The summed E-state index contributed by atoms with van der Waals surface area (Å²) in [6, 6.07) is 22.2. The monoisotopic (exact) mass is 415 g/mol. The van der Waals surface area contributed by atoms with Gasteiger partial charge in [-0.05, 0) is 35.9 Å². The first-order valence-corrected chi connectivity index (χ1v) is 10.8. The third-order valence-electron chi connectivity index (χ3n) is 5.79. The van der Waals surface area contributed by atoms with E-state index in [1.54, 1.807) is 12.3 Å². The first-order valence-electron chi connectivity index (χ1n) is 10.8. The summed E-state index contributed by atoms with van der Waals surface area (Å²) in [4.78, 5) is 23.4. The number of nitrogens with zero attached hydrogens (tertiary/aromatic N) is 4. The van der Waals surface area contributed by atoms with E-state index in [-0.39, 0.29) is 0 Å². The second-order valence-electron chi connectivity index (χ2n) is 7.83. The van der Waals surface area contributed by atoms with E-state index >= 15 is 0 Å². The molecule has 0 saturated carbocycles. The quantitative estimate of drug-likeness (QED) is 0.613. The number of rotatable bonds is 8. The number of hydrogen-bond acceptors (Lipinski definition) is 5. The van der Waals surface area contributed by atoms with Crippen LogP contribution in [0.25, 0.3) is 0 Å². The van der Waals surface area contributed by atoms with Gasteiger partial charge in [-0.1, -0.05) is 36.4 Å². The van der Waals surface area contributed by atoms with Crippen molar-refractivity contribution in [2.45, 2.75) is 6.54 Å². The number of benzene rings is 2. The van der Waals surface area contributed by atoms with Crippen LogP contribution in [-0.4, -0.2) is 55.1 Å². The fourth-order valence-electron chi connectivity index (χ4n) is 4.09. The minimum Gasteiger partial charge on any atom is -0.369 e. The number of piperazine rings is 1. The Labute approximate surface area is 183 Å². The van der Waals surface area contributed by atoms with Gasteiger partial charge in [-0.3, -0.25) is 14.7 Å². The van der Waals surface area contributed by atoms with E-state index < -0.39 is 5.91 Å². The molecule has 1 amide bonds. The lowest BCUT2D eigenvalue weighted by atomic mass is 10.1. The van der Waals surface area contributed by atoms with Gasteiger partial charge in [0.1, 0.15) is 0 Å². The van der Waals surface area contributed by atoms with Crippen LogP contribution in [0.2, 0.25) is 0 Å². The summed E-state index contributed by atoms with van der Waals surface area (Å²) in [6.45, 7) is 6.50. The third-order valence-corrected chi connectivity index (χ3v) is 5.79. The molecule has 0 radical (unpaired) electrons. The molecule has 6 nitrogen and oxygen atoms in total. The van der Waals surface area contributed by atoms with E-state index in [1.165, 1.54) is 5.69 Å². The van der Waals surface area contributed by atoms with Gasteiger partial charge in [0.05, 0.1) is 5.56 Å². The van der Waals surface area contributed by atoms with E-state index in [0.717, 1.165) is 50.5 Å². The minimum atomic E-state index is -0.400. The summed E-state index contributed by atoms with van der Waals surface area (Å²) in [5.41, 5.74) is 9.49. The lowest BCUT2D eigenvalue weighted by molar-refractivity contribution is 0.100. The van der Waals surface area contributed by atoms with Gasteiger partial charge in [0.2, 0.25) is 0 Å². The first kappa shape index (κ1) is 20.9. The summed E-state index contributed by atoms with van der Waals surface area (Å²) in [5.74, 6) is -0.400. The number of nitrogens with two attached hydrogens (primary N) is 1. The molecule has 2 heterocycles. The average molecular weight is 416 g/mol. The maximum atomic E-state index is 12.0. The Morgan fingerprint density at radius 1 is 0.935 bits per heavy atom. The number of para-hydroxylation sites is 2. The van der Waals surface area contributed by atoms with Crippen LogP contribution in [0.5, 0.6) is 0 Å². The lowest BCUT2D eigenvalue weighted by Gasteiger charge is -2.37. The fraction of sp³-hybridized carbons (Fsp3) is 0.280. The van der Waals surface area contributed by atoms with Crippen LogP contribution >= 0.6 is 0 Å². The molecule has 0 aliphatic carbocycles. The van der Waals surface area contributed by atoms with Crippen molar-refractivity contribution in [3.05, 3.63) is 90.3 Å². The van der Waals surface area contributed by atoms with Crippen LogP contribution < -0.4 is 15.5 Å². The molecule has 0 spiro atoms. The van der Waals surface area contributed by atoms with Crippen molar-refractivity contribution in [2.75, 3.05) is 49.1 Å². The van der Waals surface area contributed by atoms with E-state index in [2.05, 4.69) is 56.1 Å². The van der Waals surface area contributed by atoms with Gasteiger partial charge in [-0.2, -0.15) is 0 Å². The van der Waals surface area contributed by atoms with Crippen LogP contribution in [0.3, 0.4) is 0 Å². The molecule has 1 saturated heterocycles. The van der Waals surface area contributed by atoms with Crippen molar-refractivity contribution in [3.8, 4) is 0 Å². The molecular formula is C25H29N5O. The predicted octanol–water partition coefficient (Wildman–Crippen LogP) is 3.01. The molecule has 1 aliphatic rings. The summed E-state index contributed by atoms with van der Waals surface area (Å²) in [7, 11) is 0. The summed E-state index contributed by atoms with van der Waals surface area (Å²) in [5, 5.41) is 0. The van der Waals surface area contributed by atoms with E-state index in [9.17, 15) is 4.79 Å². The Bertz CT molecular complexity index is 971. The van der Waals surface area contributed by atoms with Crippen LogP contribution in [0.4, 0.5) is 11.4 Å². The Kier molecular flexibility index (Phi) is 6.79. The van der Waals surface area contributed by atoms with Crippen LogP contribution in [-0.2, 0) is 6.54 Å². The number of primary amides is 1. The third kappa shape index (κ3) is 5.41. The van der Waals surface area contributed by atoms with E-state index in [4.69, 9.17) is 5.73 Å². The maximum Gasteiger partial charge on any atom is 0.250 e. The maximum absolute atomic E-state index is 12.0. The molecule has 1 aliphatic heterocycles. The summed E-state index contributed by atoms with van der Waals surface area (Å²) < 4.78 is 0. The Morgan fingerprint density at radius 3 is 2.39 bits per heavy atom. The van der Waals surface area contributed by atoms with Crippen LogP contribution in [0.15, 0.2) is 79.1 Å². The van der Waals surface area contributed by atoms with Gasteiger partial charge in [0.15, 0.2) is 0 Å². The largest absolute Gasteiger partial charge is 0.369 e. The van der Waals surface area contributed by atoms with Crippen molar-refractivity contribution >= 4 is 17.3 Å². The highest BCUT2D eigenvalue weighted by Gasteiger charge is 2.20. The number of aromatic nitrogens is 1. The molecule has 2 N–H and O–H groups in total. The highest BCUT2D eigenvalue weighted by atomic mass is 16.1. The van der Waals surface area contributed by atoms with Gasteiger partial charge in [-0.15, -0.1) is 0 Å². The zero-order chi connectivity index (χ0) is 21.5. The molecule has 160 valence electrons. The van der Waals surface area contributed by atoms with Gasteiger partial charge < -0.3 is 15.5 Å². The number of anilines is 2. The minimum absolute atomic E-state index is 0.400. The van der Waals surface area contributed by atoms with E-state index in [0.29, 0.717) is 12.1 Å². The second kappa shape index (κ2) is 10.1. The van der Waals surface area contributed by atoms with Gasteiger partial charge in [-0.25, -0.2) is 0 Å². The van der Waals surface area contributed by atoms with Gasteiger partial charge >= 0.3 is 0 Å². The highest BCUT2D eigenvalue weighted by Crippen LogP contribution is 2.22. The normalized spacial score (nSPS) is 14.4. The molecular weight excluding hydrogens is 386 g/mol.